The zero-order valence-corrected chi connectivity index (χ0v) is 16.9. The number of rotatable bonds is 4. The van der Waals surface area contributed by atoms with Crippen LogP contribution in [-0.4, -0.2) is 49.5 Å². The third kappa shape index (κ3) is 3.26. The molecule has 0 unspecified atom stereocenters. The van der Waals surface area contributed by atoms with Crippen molar-refractivity contribution < 1.29 is 14.7 Å². The fourth-order valence-corrected chi connectivity index (χ4v) is 4.31. The van der Waals surface area contributed by atoms with Crippen LogP contribution in [0.1, 0.15) is 17.3 Å². The maximum atomic E-state index is 11.5. The van der Waals surface area contributed by atoms with Gasteiger partial charge in [0.1, 0.15) is 5.65 Å². The van der Waals surface area contributed by atoms with Crippen LogP contribution >= 0.6 is 0 Å². The summed E-state index contributed by atoms with van der Waals surface area (Å²) in [5, 5.41) is 11.9. The lowest BCUT2D eigenvalue weighted by Gasteiger charge is -2.38. The smallest absolute Gasteiger partial charge is 0.336 e. The molecule has 2 aromatic carbocycles. The van der Waals surface area contributed by atoms with Crippen molar-refractivity contribution in [1.82, 2.24) is 19.4 Å². The van der Waals surface area contributed by atoms with E-state index in [9.17, 15) is 14.7 Å². The molecule has 1 saturated heterocycles. The molecule has 0 spiro atoms. The van der Waals surface area contributed by atoms with Crippen molar-refractivity contribution >= 4 is 39.6 Å². The summed E-state index contributed by atoms with van der Waals surface area (Å²) in [6.07, 6.45) is 3.77. The Labute approximate surface area is 177 Å². The van der Waals surface area contributed by atoms with Crippen molar-refractivity contribution in [3.63, 3.8) is 0 Å². The summed E-state index contributed by atoms with van der Waals surface area (Å²) in [5.41, 5.74) is 8.80. The van der Waals surface area contributed by atoms with Gasteiger partial charge >= 0.3 is 5.97 Å². The summed E-state index contributed by atoms with van der Waals surface area (Å²) in [7, 11) is 0. The van der Waals surface area contributed by atoms with Crippen LogP contribution in [0.3, 0.4) is 0 Å². The molecule has 8 nitrogen and oxygen atoms in total. The predicted molar refractivity (Wildman–Crippen MR) is 118 cm³/mol. The van der Waals surface area contributed by atoms with Gasteiger partial charge in [-0.1, -0.05) is 24.3 Å². The van der Waals surface area contributed by atoms with Crippen LogP contribution < -0.4 is 5.73 Å². The first kappa shape index (κ1) is 19.0. The minimum absolute atomic E-state index is 0.0952. The molecule has 4 aromatic rings. The van der Waals surface area contributed by atoms with E-state index in [0.717, 1.165) is 47.2 Å². The number of aromatic nitrogens is 3. The van der Waals surface area contributed by atoms with Gasteiger partial charge < -0.3 is 20.3 Å². The standard InChI is InChI=1S/C23H21N5O3/c1-13(29)27-9-14(10-27)11-28-12-20(19-8-25-23(24)26-21(19)28)16-5-6-17-15(7-16)3-2-4-18(17)22(30)31/h2-8,12,14H,9-11H2,1H3,(H,30,31)(H2,24,25,26). The molecule has 31 heavy (non-hydrogen) atoms. The second-order valence-electron chi connectivity index (χ2n) is 8.00. The van der Waals surface area contributed by atoms with Crippen LogP contribution in [0.25, 0.3) is 32.9 Å². The Bertz CT molecular complexity index is 1350. The number of amides is 1. The molecule has 1 aliphatic rings. The van der Waals surface area contributed by atoms with E-state index in [1.807, 2.05) is 35.4 Å². The molecule has 8 heteroatoms. The number of carbonyl (C=O) groups excluding carboxylic acids is 1. The van der Waals surface area contributed by atoms with Crippen LogP contribution in [0.5, 0.6) is 0 Å². The number of likely N-dealkylation sites (tertiary alicyclic amines) is 1. The third-order valence-corrected chi connectivity index (χ3v) is 5.91. The van der Waals surface area contributed by atoms with Crippen molar-refractivity contribution in [1.29, 1.82) is 0 Å². The summed E-state index contributed by atoms with van der Waals surface area (Å²) >= 11 is 0. The minimum atomic E-state index is -0.945. The summed E-state index contributed by atoms with van der Waals surface area (Å²) in [6, 6.07) is 11.0. The quantitative estimate of drug-likeness (QED) is 0.530. The van der Waals surface area contributed by atoms with Crippen LogP contribution in [0.2, 0.25) is 0 Å². The molecule has 0 radical (unpaired) electrons. The van der Waals surface area contributed by atoms with Gasteiger partial charge in [-0.25, -0.2) is 9.78 Å². The molecular formula is C23H21N5O3. The Morgan fingerprint density at radius 2 is 2.00 bits per heavy atom. The second-order valence-corrected chi connectivity index (χ2v) is 8.00. The van der Waals surface area contributed by atoms with Crippen LogP contribution in [0.4, 0.5) is 5.95 Å². The van der Waals surface area contributed by atoms with E-state index in [1.165, 1.54) is 0 Å². The average molecular weight is 415 g/mol. The van der Waals surface area contributed by atoms with E-state index in [4.69, 9.17) is 5.73 Å². The number of benzene rings is 2. The molecule has 0 aliphatic carbocycles. The highest BCUT2D eigenvalue weighted by atomic mass is 16.4. The van der Waals surface area contributed by atoms with Gasteiger partial charge in [0.15, 0.2) is 0 Å². The van der Waals surface area contributed by atoms with Crippen LogP contribution in [-0.2, 0) is 11.3 Å². The van der Waals surface area contributed by atoms with Crippen molar-refractivity contribution in [3.8, 4) is 11.1 Å². The number of nitrogens with zero attached hydrogens (tertiary/aromatic N) is 4. The van der Waals surface area contributed by atoms with Gasteiger partial charge in [-0.2, -0.15) is 4.98 Å². The van der Waals surface area contributed by atoms with Crippen molar-refractivity contribution in [2.45, 2.75) is 13.5 Å². The van der Waals surface area contributed by atoms with Gasteiger partial charge in [0.25, 0.3) is 0 Å². The molecule has 0 bridgehead atoms. The lowest BCUT2D eigenvalue weighted by atomic mass is 9.99. The highest BCUT2D eigenvalue weighted by Gasteiger charge is 2.29. The van der Waals surface area contributed by atoms with E-state index >= 15 is 0 Å². The SMILES string of the molecule is CC(=O)N1CC(Cn2cc(-c3ccc4c(C(=O)O)cccc4c3)c3cnc(N)nc32)C1. The van der Waals surface area contributed by atoms with Crippen molar-refractivity contribution in [3.05, 3.63) is 54.4 Å². The van der Waals surface area contributed by atoms with Gasteiger partial charge in [-0.05, 0) is 28.5 Å². The van der Waals surface area contributed by atoms with E-state index in [-0.39, 0.29) is 17.4 Å². The van der Waals surface area contributed by atoms with E-state index < -0.39 is 5.97 Å². The summed E-state index contributed by atoms with van der Waals surface area (Å²) in [4.78, 5) is 33.5. The van der Waals surface area contributed by atoms with E-state index in [2.05, 4.69) is 14.5 Å². The monoisotopic (exact) mass is 415 g/mol. The molecule has 5 rings (SSSR count). The maximum Gasteiger partial charge on any atom is 0.336 e. The van der Waals surface area contributed by atoms with Crippen molar-refractivity contribution in [2.75, 3.05) is 18.8 Å². The number of carbonyl (C=O) groups is 2. The second kappa shape index (κ2) is 7.09. The first-order valence-corrected chi connectivity index (χ1v) is 10.0. The zero-order valence-electron chi connectivity index (χ0n) is 16.9. The molecule has 1 fully saturated rings. The fourth-order valence-electron chi connectivity index (χ4n) is 4.31. The molecule has 1 aliphatic heterocycles. The zero-order chi connectivity index (χ0) is 21.7. The largest absolute Gasteiger partial charge is 0.478 e. The summed E-state index contributed by atoms with van der Waals surface area (Å²) < 4.78 is 2.07. The highest BCUT2D eigenvalue weighted by Crippen LogP contribution is 2.33. The average Bonchev–Trinajstić information content (AvgIpc) is 3.06. The molecule has 0 saturated carbocycles. The fraction of sp³-hybridized carbons (Fsp3) is 0.217. The number of aromatic carboxylic acids is 1. The van der Waals surface area contributed by atoms with Gasteiger partial charge in [0, 0.05) is 55.8 Å². The van der Waals surface area contributed by atoms with E-state index in [0.29, 0.717) is 11.3 Å². The number of nitrogen functional groups attached to an aromatic ring is 1. The number of nitrogens with two attached hydrogens (primary N) is 1. The highest BCUT2D eigenvalue weighted by molar-refractivity contribution is 6.05. The Morgan fingerprint density at radius 1 is 1.19 bits per heavy atom. The van der Waals surface area contributed by atoms with Gasteiger partial charge in [-0.3, -0.25) is 4.79 Å². The summed E-state index contributed by atoms with van der Waals surface area (Å²) in [6.45, 7) is 3.79. The number of anilines is 1. The van der Waals surface area contributed by atoms with Gasteiger partial charge in [0.2, 0.25) is 11.9 Å². The molecule has 3 N–H and O–H groups in total. The number of fused-ring (bicyclic) bond motifs is 2. The number of hydrogen-bond donors (Lipinski definition) is 2. The van der Waals surface area contributed by atoms with Crippen LogP contribution in [0.15, 0.2) is 48.8 Å². The molecule has 2 aromatic heterocycles. The van der Waals surface area contributed by atoms with Crippen molar-refractivity contribution in [2.24, 2.45) is 5.92 Å². The number of hydrogen-bond acceptors (Lipinski definition) is 5. The van der Waals surface area contributed by atoms with Crippen LogP contribution in [0, 0.1) is 5.92 Å². The molecular weight excluding hydrogens is 394 g/mol. The Kier molecular flexibility index (Phi) is 4.35. The molecule has 156 valence electrons. The Morgan fingerprint density at radius 3 is 2.74 bits per heavy atom. The Balaban J connectivity index is 1.57. The first-order valence-electron chi connectivity index (χ1n) is 10.0. The normalized spacial score (nSPS) is 14.2. The number of carboxylic acid groups (broad SMARTS) is 1. The lowest BCUT2D eigenvalue weighted by Crippen LogP contribution is -2.50. The number of carboxylic acids is 1. The third-order valence-electron chi connectivity index (χ3n) is 5.91. The minimum Gasteiger partial charge on any atom is -0.478 e. The Hall–Kier alpha value is -3.94. The lowest BCUT2D eigenvalue weighted by molar-refractivity contribution is -0.135. The molecule has 1 amide bonds. The molecule has 3 heterocycles. The first-order chi connectivity index (χ1) is 14.9. The summed E-state index contributed by atoms with van der Waals surface area (Å²) in [5.74, 6) is -0.281. The van der Waals surface area contributed by atoms with Gasteiger partial charge in [-0.15, -0.1) is 0 Å². The predicted octanol–water partition coefficient (Wildman–Crippen LogP) is 3.01. The topological polar surface area (TPSA) is 114 Å². The maximum absolute atomic E-state index is 11.5. The van der Waals surface area contributed by atoms with E-state index in [1.54, 1.807) is 25.3 Å². The van der Waals surface area contributed by atoms with Gasteiger partial charge in [0.05, 0.1) is 5.56 Å². The molecule has 0 atom stereocenters.